The number of ether oxygens (including phenoxy) is 1. The van der Waals surface area contributed by atoms with Crippen molar-refractivity contribution in [2.45, 2.75) is 32.1 Å². The molecule has 1 aromatic rings. The summed E-state index contributed by atoms with van der Waals surface area (Å²) in [5.74, 6) is -0.234. The van der Waals surface area contributed by atoms with Crippen LogP contribution in [0.5, 0.6) is 0 Å². The van der Waals surface area contributed by atoms with Gasteiger partial charge in [0.05, 0.1) is 24.4 Å². The summed E-state index contributed by atoms with van der Waals surface area (Å²) in [5, 5.41) is 5.08. The second-order valence-electron chi connectivity index (χ2n) is 4.30. The molecular formula is C13H17ClN4O2. The lowest BCUT2D eigenvalue weighted by atomic mass is 10.0. The summed E-state index contributed by atoms with van der Waals surface area (Å²) in [6, 6.07) is 5.94. The van der Waals surface area contributed by atoms with Crippen LogP contribution in [0.1, 0.15) is 40.7 Å². The van der Waals surface area contributed by atoms with Gasteiger partial charge in [-0.15, -0.1) is 0 Å². The quantitative estimate of drug-likeness (QED) is 0.382. The van der Waals surface area contributed by atoms with E-state index in [9.17, 15) is 4.79 Å². The summed E-state index contributed by atoms with van der Waals surface area (Å²) in [6.45, 7) is 0. The molecule has 1 aromatic carbocycles. The summed E-state index contributed by atoms with van der Waals surface area (Å²) in [7, 11) is 1.42. The van der Waals surface area contributed by atoms with Crippen molar-refractivity contribution >= 4 is 17.7 Å². The SMILES string of the molecule is COC(=O)c1ccc2c(c1)CCCCC2.N=NN=NCl. The number of nitrogens with one attached hydrogen (secondary N) is 1. The molecule has 0 heterocycles. The number of carbonyl (C=O) groups excluding carboxylic acids is 1. The molecule has 0 bridgehead atoms. The maximum absolute atomic E-state index is 11.4. The minimum absolute atomic E-state index is 0.234. The first kappa shape index (κ1) is 16.2. The normalized spacial score (nSPS) is 13.7. The molecule has 0 saturated heterocycles. The monoisotopic (exact) mass is 296 g/mol. The van der Waals surface area contributed by atoms with Gasteiger partial charge >= 0.3 is 5.97 Å². The molecule has 0 saturated carbocycles. The molecule has 0 aliphatic heterocycles. The smallest absolute Gasteiger partial charge is 0.337 e. The topological polar surface area (TPSA) is 87.2 Å². The molecule has 0 fully saturated rings. The third-order valence-corrected chi connectivity index (χ3v) is 3.17. The lowest BCUT2D eigenvalue weighted by Crippen LogP contribution is -2.03. The standard InChI is InChI=1S/C13H16O2.ClHN4/c1-15-13(14)12-8-7-10-5-3-2-4-6-11(10)9-12;1-3-5-4-2/h7-9H,2-6H2,1H3;2H. The third-order valence-electron chi connectivity index (χ3n) is 3.10. The number of halogens is 1. The first-order valence-corrected chi connectivity index (χ1v) is 6.64. The summed E-state index contributed by atoms with van der Waals surface area (Å²) in [6.07, 6.45) is 6.04. The van der Waals surface area contributed by atoms with Crippen molar-refractivity contribution in [3.63, 3.8) is 0 Å². The molecular weight excluding hydrogens is 280 g/mol. The van der Waals surface area contributed by atoms with Crippen LogP contribution in [0, 0.1) is 5.53 Å². The molecule has 6 nitrogen and oxygen atoms in total. The van der Waals surface area contributed by atoms with E-state index < -0.39 is 0 Å². The second kappa shape index (κ2) is 9.14. The minimum atomic E-state index is -0.234. The number of nitrogens with zero attached hydrogens (tertiary/aromatic N) is 3. The number of rotatable bonds is 2. The zero-order valence-corrected chi connectivity index (χ0v) is 12.1. The van der Waals surface area contributed by atoms with Crippen LogP contribution in [0.2, 0.25) is 0 Å². The Morgan fingerprint density at radius 2 is 1.95 bits per heavy atom. The summed E-state index contributed by atoms with van der Waals surface area (Å²) in [5.41, 5.74) is 9.29. The Hall–Kier alpha value is -1.82. The van der Waals surface area contributed by atoms with E-state index in [1.54, 1.807) is 0 Å². The van der Waals surface area contributed by atoms with Gasteiger partial charge in [-0.25, -0.2) is 4.79 Å². The molecule has 0 radical (unpaired) electrons. The fraction of sp³-hybridized carbons (Fsp3) is 0.462. The van der Waals surface area contributed by atoms with E-state index in [1.165, 1.54) is 37.5 Å². The first-order valence-electron chi connectivity index (χ1n) is 6.30. The minimum Gasteiger partial charge on any atom is -0.465 e. The average Bonchev–Trinajstić information content (AvgIpc) is 2.72. The molecule has 0 spiro atoms. The van der Waals surface area contributed by atoms with Crippen LogP contribution < -0.4 is 0 Å². The van der Waals surface area contributed by atoms with Crippen LogP contribution >= 0.6 is 11.8 Å². The number of hydrogen-bond donors (Lipinski definition) is 1. The molecule has 1 aliphatic carbocycles. The number of esters is 1. The highest BCUT2D eigenvalue weighted by Crippen LogP contribution is 2.21. The molecule has 1 aliphatic rings. The molecule has 0 atom stereocenters. The Morgan fingerprint density at radius 3 is 2.50 bits per heavy atom. The number of fused-ring (bicyclic) bond motifs is 1. The highest BCUT2D eigenvalue weighted by atomic mass is 35.5. The van der Waals surface area contributed by atoms with Crippen LogP contribution in [0.3, 0.4) is 0 Å². The maximum Gasteiger partial charge on any atom is 0.337 e. The van der Waals surface area contributed by atoms with Crippen LogP contribution in [-0.2, 0) is 17.6 Å². The average molecular weight is 297 g/mol. The lowest BCUT2D eigenvalue weighted by Gasteiger charge is -2.07. The molecule has 20 heavy (non-hydrogen) atoms. The maximum atomic E-state index is 11.4. The number of methoxy groups -OCH3 is 1. The van der Waals surface area contributed by atoms with E-state index in [4.69, 9.17) is 10.3 Å². The van der Waals surface area contributed by atoms with Gasteiger partial charge in [-0.05, 0) is 59.4 Å². The Morgan fingerprint density at radius 1 is 1.25 bits per heavy atom. The predicted octanol–water partition coefficient (Wildman–Crippen LogP) is 4.28. The molecule has 2 rings (SSSR count). The van der Waals surface area contributed by atoms with Crippen molar-refractivity contribution < 1.29 is 9.53 Å². The van der Waals surface area contributed by atoms with Gasteiger partial charge in [0.2, 0.25) is 0 Å². The molecule has 7 heteroatoms. The van der Waals surface area contributed by atoms with Crippen LogP contribution in [0.15, 0.2) is 33.3 Å². The Balaban J connectivity index is 0.000000347. The fourth-order valence-electron chi connectivity index (χ4n) is 2.17. The number of hydrogen-bond acceptors (Lipinski definition) is 4. The fourth-order valence-corrected chi connectivity index (χ4v) is 2.21. The van der Waals surface area contributed by atoms with E-state index in [0.717, 1.165) is 12.8 Å². The number of carbonyl (C=O) groups is 1. The van der Waals surface area contributed by atoms with Crippen LogP contribution in [0.4, 0.5) is 0 Å². The van der Waals surface area contributed by atoms with E-state index in [0.29, 0.717) is 5.56 Å². The van der Waals surface area contributed by atoms with E-state index >= 15 is 0 Å². The molecule has 108 valence electrons. The van der Waals surface area contributed by atoms with Gasteiger partial charge in [0.15, 0.2) is 0 Å². The Kier molecular flexibility index (Phi) is 7.42. The van der Waals surface area contributed by atoms with Gasteiger partial charge in [0.25, 0.3) is 0 Å². The van der Waals surface area contributed by atoms with Gasteiger partial charge in [-0.3, -0.25) is 0 Å². The largest absolute Gasteiger partial charge is 0.465 e. The van der Waals surface area contributed by atoms with Crippen molar-refractivity contribution in [3.05, 3.63) is 34.9 Å². The predicted molar refractivity (Wildman–Crippen MR) is 74.9 cm³/mol. The van der Waals surface area contributed by atoms with Gasteiger partial charge < -0.3 is 4.74 Å². The van der Waals surface area contributed by atoms with Gasteiger partial charge in [0, 0.05) is 0 Å². The van der Waals surface area contributed by atoms with E-state index in [2.05, 4.69) is 32.9 Å². The van der Waals surface area contributed by atoms with E-state index in [1.807, 2.05) is 12.1 Å². The van der Waals surface area contributed by atoms with Gasteiger partial charge in [-0.2, -0.15) is 5.53 Å². The Labute approximate surface area is 122 Å². The molecule has 0 aromatic heterocycles. The zero-order chi connectivity index (χ0) is 14.8. The molecule has 0 unspecified atom stereocenters. The number of benzene rings is 1. The van der Waals surface area contributed by atoms with Crippen LogP contribution in [0.25, 0.3) is 0 Å². The summed E-state index contributed by atoms with van der Waals surface area (Å²) < 4.78 is 7.32. The zero-order valence-electron chi connectivity index (χ0n) is 11.3. The van der Waals surface area contributed by atoms with Gasteiger partial charge in [0.1, 0.15) is 0 Å². The van der Waals surface area contributed by atoms with Crippen molar-refractivity contribution in [2.75, 3.05) is 7.11 Å². The van der Waals surface area contributed by atoms with E-state index in [-0.39, 0.29) is 5.97 Å². The van der Waals surface area contributed by atoms with Crippen LogP contribution in [-0.4, -0.2) is 13.1 Å². The highest BCUT2D eigenvalue weighted by molar-refractivity contribution is 6.13. The van der Waals surface area contributed by atoms with Crippen molar-refractivity contribution in [1.82, 2.24) is 0 Å². The molecule has 0 amide bonds. The third kappa shape index (κ3) is 5.05. The van der Waals surface area contributed by atoms with Gasteiger partial charge in [-0.1, -0.05) is 17.1 Å². The Bertz CT molecular complexity index is 491. The van der Waals surface area contributed by atoms with Crippen molar-refractivity contribution in [3.8, 4) is 0 Å². The summed E-state index contributed by atoms with van der Waals surface area (Å²) >= 11 is 4.55. The number of aryl methyl sites for hydroxylation is 2. The second-order valence-corrected chi connectivity index (χ2v) is 4.45. The van der Waals surface area contributed by atoms with Crippen molar-refractivity contribution in [2.24, 2.45) is 15.1 Å². The lowest BCUT2D eigenvalue weighted by molar-refractivity contribution is 0.0600. The highest BCUT2D eigenvalue weighted by Gasteiger charge is 2.11. The molecule has 1 N–H and O–H groups in total. The van der Waals surface area contributed by atoms with Crippen molar-refractivity contribution in [1.29, 1.82) is 5.53 Å². The first-order chi connectivity index (χ1) is 9.72. The summed E-state index contributed by atoms with van der Waals surface area (Å²) in [4.78, 5) is 11.4.